The number of furan rings is 1. The quantitative estimate of drug-likeness (QED) is 0.557. The van der Waals surface area contributed by atoms with Crippen LogP contribution in [-0.4, -0.2) is 51.4 Å². The number of hydrazone groups is 1. The van der Waals surface area contributed by atoms with Gasteiger partial charge in [0.25, 0.3) is 5.91 Å². The SMILES string of the molecule is CN(C)c1nc(N)nc(CSCC(=O)N2N=C(c3ccc(Cl)cc3)CC2c2ccco2)n1. The fourth-order valence-electron chi connectivity index (χ4n) is 3.25. The zero-order valence-corrected chi connectivity index (χ0v) is 19.2. The van der Waals surface area contributed by atoms with Crippen molar-refractivity contribution in [3.63, 3.8) is 0 Å². The highest BCUT2D eigenvalue weighted by molar-refractivity contribution is 7.99. The van der Waals surface area contributed by atoms with Gasteiger partial charge in [0.15, 0.2) is 0 Å². The van der Waals surface area contributed by atoms with Crippen LogP contribution in [0.1, 0.15) is 29.6 Å². The van der Waals surface area contributed by atoms with Crippen molar-refractivity contribution in [3.8, 4) is 0 Å². The molecule has 0 saturated heterocycles. The summed E-state index contributed by atoms with van der Waals surface area (Å²) in [7, 11) is 3.65. The zero-order valence-electron chi connectivity index (χ0n) is 17.6. The number of nitrogens with two attached hydrogens (primary N) is 1. The first-order valence-electron chi connectivity index (χ1n) is 9.85. The smallest absolute Gasteiger partial charge is 0.253 e. The first kappa shape index (κ1) is 22.1. The van der Waals surface area contributed by atoms with E-state index < -0.39 is 0 Å². The van der Waals surface area contributed by atoms with Crippen molar-refractivity contribution in [1.29, 1.82) is 0 Å². The molecule has 1 unspecified atom stereocenters. The Morgan fingerprint density at radius 3 is 2.72 bits per heavy atom. The first-order valence-corrected chi connectivity index (χ1v) is 11.4. The second-order valence-electron chi connectivity index (χ2n) is 7.32. The van der Waals surface area contributed by atoms with E-state index in [9.17, 15) is 4.79 Å². The average Bonchev–Trinajstić information content (AvgIpc) is 3.44. The molecule has 4 rings (SSSR count). The van der Waals surface area contributed by atoms with E-state index in [0.717, 1.165) is 11.3 Å². The number of benzene rings is 1. The Kier molecular flexibility index (Phi) is 6.61. The van der Waals surface area contributed by atoms with E-state index in [4.69, 9.17) is 21.8 Å². The fraction of sp³-hybridized carbons (Fsp3) is 0.286. The van der Waals surface area contributed by atoms with Gasteiger partial charge in [-0.1, -0.05) is 23.7 Å². The maximum atomic E-state index is 13.1. The lowest BCUT2D eigenvalue weighted by Crippen LogP contribution is -2.28. The van der Waals surface area contributed by atoms with E-state index in [1.54, 1.807) is 17.2 Å². The monoisotopic (exact) mass is 471 g/mol. The normalized spacial score (nSPS) is 15.7. The summed E-state index contributed by atoms with van der Waals surface area (Å²) in [5, 5.41) is 6.77. The van der Waals surface area contributed by atoms with E-state index in [1.165, 1.54) is 16.8 Å². The number of aromatic nitrogens is 3. The minimum atomic E-state index is -0.294. The number of anilines is 2. The fourth-order valence-corrected chi connectivity index (χ4v) is 4.09. The topological polar surface area (TPSA) is 114 Å². The molecule has 32 heavy (non-hydrogen) atoms. The van der Waals surface area contributed by atoms with E-state index in [1.807, 2.05) is 44.4 Å². The average molecular weight is 472 g/mol. The molecule has 0 aliphatic carbocycles. The number of thioether (sulfide) groups is 1. The lowest BCUT2D eigenvalue weighted by atomic mass is 10.0. The summed E-state index contributed by atoms with van der Waals surface area (Å²) in [4.78, 5) is 27.4. The van der Waals surface area contributed by atoms with Crippen molar-refractivity contribution in [1.82, 2.24) is 20.0 Å². The molecule has 166 valence electrons. The van der Waals surface area contributed by atoms with E-state index in [0.29, 0.717) is 34.7 Å². The van der Waals surface area contributed by atoms with Gasteiger partial charge in [0.2, 0.25) is 11.9 Å². The number of nitrogens with zero attached hydrogens (tertiary/aromatic N) is 6. The van der Waals surface area contributed by atoms with E-state index >= 15 is 0 Å². The van der Waals surface area contributed by atoms with Crippen LogP contribution >= 0.6 is 23.4 Å². The molecule has 3 heterocycles. The molecule has 9 nitrogen and oxygen atoms in total. The summed E-state index contributed by atoms with van der Waals surface area (Å²) in [5.41, 5.74) is 7.50. The number of carbonyl (C=O) groups is 1. The minimum absolute atomic E-state index is 0.129. The van der Waals surface area contributed by atoms with Crippen LogP contribution in [0.4, 0.5) is 11.9 Å². The Labute approximate surface area is 194 Å². The van der Waals surface area contributed by atoms with Crippen LogP contribution in [-0.2, 0) is 10.5 Å². The summed E-state index contributed by atoms with van der Waals surface area (Å²) >= 11 is 7.40. The van der Waals surface area contributed by atoms with Crippen molar-refractivity contribution in [2.45, 2.75) is 18.2 Å². The first-order chi connectivity index (χ1) is 15.4. The van der Waals surface area contributed by atoms with E-state index in [2.05, 4.69) is 20.1 Å². The van der Waals surface area contributed by atoms with Crippen LogP contribution in [0.15, 0.2) is 52.2 Å². The standard InChI is InChI=1S/C21H22ClN7O2S/c1-28(2)21-25-18(24-20(23)26-21)11-32-12-19(30)29-16(17-4-3-9-31-17)10-15(27-29)13-5-7-14(22)8-6-13/h3-9,16H,10-12H2,1-2H3,(H2,23,24,25,26). The molecule has 0 spiro atoms. The summed E-state index contributed by atoms with van der Waals surface area (Å²) in [6.45, 7) is 0. The minimum Gasteiger partial charge on any atom is -0.467 e. The summed E-state index contributed by atoms with van der Waals surface area (Å²) in [5.74, 6) is 2.35. The van der Waals surface area contributed by atoms with Crippen molar-refractivity contribution < 1.29 is 9.21 Å². The number of halogens is 1. The molecule has 2 aromatic heterocycles. The van der Waals surface area contributed by atoms with Crippen molar-refractivity contribution in [2.24, 2.45) is 5.10 Å². The summed E-state index contributed by atoms with van der Waals surface area (Å²) < 4.78 is 5.58. The molecular formula is C21H22ClN7O2S. The lowest BCUT2D eigenvalue weighted by Gasteiger charge is -2.19. The van der Waals surface area contributed by atoms with Crippen LogP contribution < -0.4 is 10.6 Å². The third kappa shape index (κ3) is 5.03. The molecule has 1 aromatic carbocycles. The Morgan fingerprint density at radius 2 is 2.03 bits per heavy atom. The van der Waals surface area contributed by atoms with Crippen LogP contribution in [0.3, 0.4) is 0 Å². The molecule has 1 aliphatic heterocycles. The molecule has 0 bridgehead atoms. The summed E-state index contributed by atoms with van der Waals surface area (Å²) in [6, 6.07) is 10.8. The third-order valence-corrected chi connectivity index (χ3v) is 5.92. The van der Waals surface area contributed by atoms with Gasteiger partial charge in [-0.05, 0) is 29.8 Å². The molecule has 0 saturated carbocycles. The maximum Gasteiger partial charge on any atom is 0.253 e. The van der Waals surface area contributed by atoms with Gasteiger partial charge in [0.1, 0.15) is 17.6 Å². The predicted octanol–water partition coefficient (Wildman–Crippen LogP) is 3.38. The largest absolute Gasteiger partial charge is 0.467 e. The van der Waals surface area contributed by atoms with Crippen LogP contribution in [0, 0.1) is 0 Å². The number of amides is 1. The molecule has 1 atom stereocenters. The predicted molar refractivity (Wildman–Crippen MR) is 126 cm³/mol. The van der Waals surface area contributed by atoms with Gasteiger partial charge < -0.3 is 15.1 Å². The second-order valence-corrected chi connectivity index (χ2v) is 8.75. The van der Waals surface area contributed by atoms with Gasteiger partial charge >= 0.3 is 0 Å². The maximum absolute atomic E-state index is 13.1. The van der Waals surface area contributed by atoms with Crippen molar-refractivity contribution in [3.05, 3.63) is 64.8 Å². The number of carbonyl (C=O) groups excluding carboxylic acids is 1. The second kappa shape index (κ2) is 9.58. The molecule has 2 N–H and O–H groups in total. The number of nitrogen functional groups attached to an aromatic ring is 1. The van der Waals surface area contributed by atoms with Gasteiger partial charge in [-0.15, -0.1) is 11.8 Å². The van der Waals surface area contributed by atoms with Crippen LogP contribution in [0.5, 0.6) is 0 Å². The van der Waals surface area contributed by atoms with Gasteiger partial charge in [0, 0.05) is 25.5 Å². The molecule has 3 aromatic rings. The molecular weight excluding hydrogens is 450 g/mol. The van der Waals surface area contributed by atoms with Crippen LogP contribution in [0.2, 0.25) is 5.02 Å². The van der Waals surface area contributed by atoms with E-state index in [-0.39, 0.29) is 23.7 Å². The third-order valence-electron chi connectivity index (χ3n) is 4.76. The highest BCUT2D eigenvalue weighted by atomic mass is 35.5. The highest BCUT2D eigenvalue weighted by Gasteiger charge is 2.34. The lowest BCUT2D eigenvalue weighted by molar-refractivity contribution is -0.130. The highest BCUT2D eigenvalue weighted by Crippen LogP contribution is 2.33. The Hall–Kier alpha value is -3.11. The zero-order chi connectivity index (χ0) is 22.7. The molecule has 1 aliphatic rings. The Bertz CT molecular complexity index is 1120. The summed E-state index contributed by atoms with van der Waals surface area (Å²) in [6.07, 6.45) is 2.16. The van der Waals surface area contributed by atoms with Crippen LogP contribution in [0.25, 0.3) is 0 Å². The van der Waals surface area contributed by atoms with Gasteiger partial charge in [-0.25, -0.2) is 5.01 Å². The molecule has 11 heteroatoms. The number of hydrogen-bond acceptors (Lipinski definition) is 9. The number of rotatable bonds is 7. The van der Waals surface area contributed by atoms with Gasteiger partial charge in [-0.2, -0.15) is 20.1 Å². The van der Waals surface area contributed by atoms with Gasteiger partial charge in [0.05, 0.1) is 23.5 Å². The Balaban J connectivity index is 1.47. The van der Waals surface area contributed by atoms with Crippen molar-refractivity contribution in [2.75, 3.05) is 30.5 Å². The van der Waals surface area contributed by atoms with Crippen molar-refractivity contribution >= 4 is 46.9 Å². The number of hydrogen-bond donors (Lipinski definition) is 1. The van der Waals surface area contributed by atoms with Gasteiger partial charge in [-0.3, -0.25) is 4.79 Å². The molecule has 0 fully saturated rings. The Morgan fingerprint density at radius 1 is 1.25 bits per heavy atom. The molecule has 0 radical (unpaired) electrons. The molecule has 1 amide bonds.